The van der Waals surface area contributed by atoms with Gasteiger partial charge in [-0.15, -0.1) is 0 Å². The van der Waals surface area contributed by atoms with Crippen LogP contribution < -0.4 is 5.73 Å². The molecule has 0 atom stereocenters. The van der Waals surface area contributed by atoms with Crippen molar-refractivity contribution in [3.8, 4) is 0 Å². The lowest BCUT2D eigenvalue weighted by atomic mass is 10.5. The predicted molar refractivity (Wildman–Crippen MR) is 106 cm³/mol. The van der Waals surface area contributed by atoms with Gasteiger partial charge < -0.3 is 48.4 Å². The molecule has 174 valence electrons. The molecule has 0 spiro atoms. The molecule has 0 aliphatic carbocycles. The Bertz CT molecular complexity index is 311. The van der Waals surface area contributed by atoms with Crippen LogP contribution >= 0.6 is 0 Å². The lowest BCUT2D eigenvalue weighted by Gasteiger charge is -2.08. The molecule has 0 amide bonds. The first-order valence-corrected chi connectivity index (χ1v) is 10.2. The summed E-state index contributed by atoms with van der Waals surface area (Å²) in [5.74, 6) is 0. The van der Waals surface area contributed by atoms with E-state index in [2.05, 4.69) is 0 Å². The molecule has 0 saturated carbocycles. The molecule has 10 heteroatoms. The van der Waals surface area contributed by atoms with E-state index in [0.717, 1.165) is 6.29 Å². The Morgan fingerprint density at radius 1 is 0.414 bits per heavy atom. The topological polar surface area (TPSA) is 117 Å². The first-order chi connectivity index (χ1) is 14.4. The minimum atomic E-state index is 0.421. The Labute approximate surface area is 174 Å². The molecule has 0 aromatic heterocycles. The van der Waals surface area contributed by atoms with E-state index in [1.807, 2.05) is 0 Å². The maximum Gasteiger partial charge on any atom is 0.122 e. The van der Waals surface area contributed by atoms with Crippen LogP contribution in [-0.2, 0) is 42.7 Å². The Hall–Kier alpha value is -0.690. The number of carbonyl (C=O) groups excluding carboxylic acids is 1. The zero-order valence-corrected chi connectivity index (χ0v) is 17.6. The largest absolute Gasteiger partial charge is 0.379 e. The van der Waals surface area contributed by atoms with Gasteiger partial charge in [-0.25, -0.2) is 0 Å². The second-order valence-corrected chi connectivity index (χ2v) is 5.64. The van der Waals surface area contributed by atoms with Crippen LogP contribution in [0.1, 0.15) is 6.42 Å². The Balaban J connectivity index is 2.97. The van der Waals surface area contributed by atoms with Crippen LogP contribution in [0.4, 0.5) is 0 Å². The van der Waals surface area contributed by atoms with Crippen molar-refractivity contribution in [2.75, 3.05) is 112 Å². The summed E-state index contributed by atoms with van der Waals surface area (Å²) >= 11 is 0. The average Bonchev–Trinajstić information content (AvgIpc) is 2.74. The second kappa shape index (κ2) is 27.3. The zero-order chi connectivity index (χ0) is 21.1. The monoisotopic (exact) mass is 425 g/mol. The van der Waals surface area contributed by atoms with E-state index in [9.17, 15) is 4.79 Å². The highest BCUT2D eigenvalue weighted by atomic mass is 16.6. The number of carbonyl (C=O) groups is 1. The van der Waals surface area contributed by atoms with Crippen LogP contribution in [0.15, 0.2) is 0 Å². The van der Waals surface area contributed by atoms with Crippen molar-refractivity contribution in [1.29, 1.82) is 0 Å². The highest BCUT2D eigenvalue weighted by Crippen LogP contribution is 1.86. The van der Waals surface area contributed by atoms with Gasteiger partial charge in [0.15, 0.2) is 0 Å². The van der Waals surface area contributed by atoms with Crippen molar-refractivity contribution < 1.29 is 42.7 Å². The molecule has 29 heavy (non-hydrogen) atoms. The van der Waals surface area contributed by atoms with E-state index in [0.29, 0.717) is 119 Å². The van der Waals surface area contributed by atoms with Crippen molar-refractivity contribution in [3.05, 3.63) is 0 Å². The Kier molecular flexibility index (Phi) is 26.7. The van der Waals surface area contributed by atoms with Crippen LogP contribution in [0.5, 0.6) is 0 Å². The molecule has 0 saturated heterocycles. The second-order valence-electron chi connectivity index (χ2n) is 5.64. The first-order valence-electron chi connectivity index (χ1n) is 10.2. The molecule has 0 aromatic carbocycles. The first kappa shape index (κ1) is 28.3. The van der Waals surface area contributed by atoms with Crippen molar-refractivity contribution >= 4 is 6.29 Å². The summed E-state index contributed by atoms with van der Waals surface area (Å²) in [5.41, 5.74) is 5.30. The summed E-state index contributed by atoms with van der Waals surface area (Å²) < 4.78 is 42.5. The van der Waals surface area contributed by atoms with Gasteiger partial charge >= 0.3 is 0 Å². The van der Waals surface area contributed by atoms with Gasteiger partial charge in [-0.3, -0.25) is 0 Å². The molecule has 2 N–H and O–H groups in total. The van der Waals surface area contributed by atoms with E-state index in [1.165, 1.54) is 0 Å². The van der Waals surface area contributed by atoms with E-state index >= 15 is 0 Å². The maximum atomic E-state index is 10.1. The van der Waals surface area contributed by atoms with Crippen molar-refractivity contribution in [2.45, 2.75) is 6.42 Å². The van der Waals surface area contributed by atoms with Gasteiger partial charge in [-0.05, 0) is 0 Å². The molecular formula is C19H39NO9. The Morgan fingerprint density at radius 3 is 0.897 bits per heavy atom. The van der Waals surface area contributed by atoms with Gasteiger partial charge in [0.2, 0.25) is 0 Å². The summed E-state index contributed by atoms with van der Waals surface area (Å²) in [7, 11) is 0. The van der Waals surface area contributed by atoms with Gasteiger partial charge in [0, 0.05) is 13.0 Å². The third-order valence-electron chi connectivity index (χ3n) is 3.25. The summed E-state index contributed by atoms with van der Waals surface area (Å²) in [6.07, 6.45) is 1.25. The van der Waals surface area contributed by atoms with Gasteiger partial charge in [0.25, 0.3) is 0 Å². The number of ether oxygens (including phenoxy) is 8. The number of nitrogens with two attached hydrogens (primary N) is 1. The maximum absolute atomic E-state index is 10.1. The average molecular weight is 426 g/mol. The Morgan fingerprint density at radius 2 is 0.655 bits per heavy atom. The molecule has 0 aromatic rings. The van der Waals surface area contributed by atoms with Crippen molar-refractivity contribution in [1.82, 2.24) is 0 Å². The third-order valence-corrected chi connectivity index (χ3v) is 3.25. The molecule has 0 radical (unpaired) electrons. The summed E-state index contributed by atoms with van der Waals surface area (Å²) in [6.45, 7) is 8.82. The van der Waals surface area contributed by atoms with Crippen molar-refractivity contribution in [3.63, 3.8) is 0 Å². The lowest BCUT2D eigenvalue weighted by Crippen LogP contribution is -2.15. The fraction of sp³-hybridized carbons (Fsp3) is 0.947. The molecule has 0 rings (SSSR count). The summed E-state index contributed by atoms with van der Waals surface area (Å²) in [4.78, 5) is 10.1. The van der Waals surface area contributed by atoms with E-state index in [1.54, 1.807) is 0 Å². The summed E-state index contributed by atoms with van der Waals surface area (Å²) in [6, 6.07) is 0. The van der Waals surface area contributed by atoms with E-state index in [4.69, 9.17) is 43.6 Å². The molecular weight excluding hydrogens is 386 g/mol. The summed E-state index contributed by atoms with van der Waals surface area (Å²) in [5, 5.41) is 0. The van der Waals surface area contributed by atoms with Crippen LogP contribution in [0, 0.1) is 0 Å². The van der Waals surface area contributed by atoms with Gasteiger partial charge in [0.1, 0.15) is 6.29 Å². The number of aldehydes is 1. The van der Waals surface area contributed by atoms with Crippen LogP contribution in [0.3, 0.4) is 0 Å². The normalized spacial score (nSPS) is 11.2. The lowest BCUT2D eigenvalue weighted by molar-refractivity contribution is -0.108. The van der Waals surface area contributed by atoms with Crippen LogP contribution in [0.2, 0.25) is 0 Å². The van der Waals surface area contributed by atoms with E-state index in [-0.39, 0.29) is 0 Å². The minimum Gasteiger partial charge on any atom is -0.379 e. The van der Waals surface area contributed by atoms with Crippen LogP contribution in [0.25, 0.3) is 0 Å². The molecule has 0 unspecified atom stereocenters. The fourth-order valence-corrected chi connectivity index (χ4v) is 1.86. The molecule has 10 nitrogen and oxygen atoms in total. The standard InChI is InChI=1S/C19H39NO9/c20-2-5-23-7-9-25-11-13-27-15-17-29-19-18-28-16-14-26-12-10-24-8-6-22-4-1-3-21/h3H,1-2,4-20H2. The van der Waals surface area contributed by atoms with Crippen LogP contribution in [-0.4, -0.2) is 119 Å². The predicted octanol–water partition coefficient (Wildman–Crippen LogP) is -0.333. The molecule has 0 aliphatic rings. The van der Waals surface area contributed by atoms with Crippen molar-refractivity contribution in [2.24, 2.45) is 5.73 Å². The molecule has 0 heterocycles. The quantitative estimate of drug-likeness (QED) is 0.146. The van der Waals surface area contributed by atoms with Gasteiger partial charge in [-0.2, -0.15) is 0 Å². The minimum absolute atomic E-state index is 0.421. The molecule has 0 fully saturated rings. The SMILES string of the molecule is NCCOCCOCCOCCOCCOCCOCCOCCOCCC=O. The smallest absolute Gasteiger partial charge is 0.122 e. The van der Waals surface area contributed by atoms with E-state index < -0.39 is 0 Å². The number of rotatable bonds is 26. The number of hydrogen-bond donors (Lipinski definition) is 1. The highest BCUT2D eigenvalue weighted by molar-refractivity contribution is 5.49. The highest BCUT2D eigenvalue weighted by Gasteiger charge is 1.95. The zero-order valence-electron chi connectivity index (χ0n) is 17.6. The van der Waals surface area contributed by atoms with Gasteiger partial charge in [0.05, 0.1) is 106 Å². The number of hydrogen-bond acceptors (Lipinski definition) is 10. The fourth-order valence-electron chi connectivity index (χ4n) is 1.86. The molecule has 0 bridgehead atoms. The third kappa shape index (κ3) is 27.3. The van der Waals surface area contributed by atoms with Gasteiger partial charge in [-0.1, -0.05) is 0 Å². The molecule has 0 aliphatic heterocycles.